The molecule has 0 aliphatic carbocycles. The number of rotatable bonds is 1. The van der Waals surface area contributed by atoms with Gasteiger partial charge in [-0.2, -0.15) is 10.5 Å². The molecule has 0 saturated heterocycles. The number of nitrogens with two attached hydrogens (primary N) is 1. The highest BCUT2D eigenvalue weighted by molar-refractivity contribution is 5.77. The summed E-state index contributed by atoms with van der Waals surface area (Å²) in [7, 11) is 0. The molecule has 0 radical (unpaired) electrons. The standard InChI is InChI=1S/C14H15N5O2/c1-14(2)12(20)11(19(7-16)13(17)18)9-5-8(6-15)3-4-10(9)21-14/h3-5,11-12,20H,1-2H3,(H3,17,18). The first kappa shape index (κ1) is 14.6. The van der Waals surface area contributed by atoms with Crippen LogP contribution in [0.4, 0.5) is 0 Å². The lowest BCUT2D eigenvalue weighted by Gasteiger charge is -2.44. The number of nitriles is 2. The largest absolute Gasteiger partial charge is 0.485 e. The minimum atomic E-state index is -1.09. The first-order chi connectivity index (χ1) is 9.81. The average molecular weight is 285 g/mol. The zero-order chi connectivity index (χ0) is 15.8. The molecule has 0 saturated carbocycles. The number of nitrogens with one attached hydrogen (secondary N) is 1. The molecule has 108 valence electrons. The van der Waals surface area contributed by atoms with Crippen molar-refractivity contribution < 1.29 is 9.84 Å². The van der Waals surface area contributed by atoms with Crippen LogP contribution in [0.5, 0.6) is 5.75 Å². The van der Waals surface area contributed by atoms with Gasteiger partial charge in [-0.15, -0.1) is 0 Å². The molecule has 21 heavy (non-hydrogen) atoms. The summed E-state index contributed by atoms with van der Waals surface area (Å²) >= 11 is 0. The first-order valence-electron chi connectivity index (χ1n) is 6.26. The van der Waals surface area contributed by atoms with E-state index in [1.807, 2.05) is 6.07 Å². The third-order valence-corrected chi connectivity index (χ3v) is 3.49. The topological polar surface area (TPSA) is 130 Å². The summed E-state index contributed by atoms with van der Waals surface area (Å²) in [6.07, 6.45) is 0.708. The van der Waals surface area contributed by atoms with E-state index in [4.69, 9.17) is 21.1 Å². The molecule has 0 amide bonds. The van der Waals surface area contributed by atoms with Crippen LogP contribution in [-0.2, 0) is 0 Å². The number of nitrogens with zero attached hydrogens (tertiary/aromatic N) is 3. The molecule has 0 spiro atoms. The molecule has 1 aromatic carbocycles. The second-order valence-corrected chi connectivity index (χ2v) is 5.31. The van der Waals surface area contributed by atoms with Crippen molar-refractivity contribution in [3.63, 3.8) is 0 Å². The molecule has 2 unspecified atom stereocenters. The lowest BCUT2D eigenvalue weighted by Crippen LogP contribution is -2.54. The van der Waals surface area contributed by atoms with Crippen LogP contribution in [0.2, 0.25) is 0 Å². The lowest BCUT2D eigenvalue weighted by atomic mass is 9.85. The van der Waals surface area contributed by atoms with E-state index in [9.17, 15) is 10.4 Å². The van der Waals surface area contributed by atoms with Gasteiger partial charge >= 0.3 is 0 Å². The Hall–Kier alpha value is -2.77. The first-order valence-corrected chi connectivity index (χ1v) is 6.26. The molecular formula is C14H15N5O2. The van der Waals surface area contributed by atoms with E-state index in [0.717, 1.165) is 4.90 Å². The number of benzene rings is 1. The fourth-order valence-electron chi connectivity index (χ4n) is 2.38. The van der Waals surface area contributed by atoms with Crippen LogP contribution in [0.15, 0.2) is 18.2 Å². The number of ether oxygens (including phenoxy) is 1. The number of hydrogen-bond acceptors (Lipinski definition) is 5. The van der Waals surface area contributed by atoms with E-state index in [1.165, 1.54) is 6.07 Å². The van der Waals surface area contributed by atoms with Gasteiger partial charge in [-0.3, -0.25) is 5.41 Å². The molecule has 0 fully saturated rings. The molecule has 1 aliphatic rings. The molecule has 2 rings (SSSR count). The second kappa shape index (κ2) is 4.97. The van der Waals surface area contributed by atoms with Gasteiger partial charge in [-0.05, 0) is 32.0 Å². The Labute approximate surface area is 122 Å². The van der Waals surface area contributed by atoms with E-state index >= 15 is 0 Å². The number of aliphatic hydroxyl groups excluding tert-OH is 1. The predicted molar refractivity (Wildman–Crippen MR) is 74.0 cm³/mol. The van der Waals surface area contributed by atoms with Crippen LogP contribution in [0, 0.1) is 28.2 Å². The van der Waals surface area contributed by atoms with Gasteiger partial charge < -0.3 is 15.6 Å². The number of fused-ring (bicyclic) bond motifs is 1. The fraction of sp³-hybridized carbons (Fsp3) is 0.357. The highest BCUT2D eigenvalue weighted by Crippen LogP contribution is 2.42. The lowest BCUT2D eigenvalue weighted by molar-refractivity contribution is -0.0751. The molecule has 1 aromatic rings. The summed E-state index contributed by atoms with van der Waals surface area (Å²) in [6.45, 7) is 3.36. The maximum Gasteiger partial charge on any atom is 0.202 e. The molecule has 0 bridgehead atoms. The van der Waals surface area contributed by atoms with Crippen molar-refractivity contribution in [1.82, 2.24) is 4.90 Å². The maximum atomic E-state index is 10.5. The van der Waals surface area contributed by atoms with Crippen LogP contribution in [0.25, 0.3) is 0 Å². The molecule has 2 atom stereocenters. The van der Waals surface area contributed by atoms with Gasteiger partial charge in [0.1, 0.15) is 23.5 Å². The third-order valence-electron chi connectivity index (χ3n) is 3.49. The minimum absolute atomic E-state index is 0.371. The van der Waals surface area contributed by atoms with Crippen LogP contribution in [0.1, 0.15) is 31.0 Å². The zero-order valence-corrected chi connectivity index (χ0v) is 11.7. The van der Waals surface area contributed by atoms with Gasteiger partial charge in [0.05, 0.1) is 11.6 Å². The van der Waals surface area contributed by atoms with Crippen molar-refractivity contribution in [1.29, 1.82) is 15.9 Å². The van der Waals surface area contributed by atoms with E-state index < -0.39 is 23.7 Å². The van der Waals surface area contributed by atoms with Crippen LogP contribution in [-0.4, -0.2) is 27.7 Å². The third kappa shape index (κ3) is 2.35. The van der Waals surface area contributed by atoms with Crippen LogP contribution < -0.4 is 10.5 Å². The number of hydrogen-bond donors (Lipinski definition) is 3. The monoisotopic (exact) mass is 285 g/mol. The quantitative estimate of drug-likeness (QED) is 0.303. The van der Waals surface area contributed by atoms with Crippen LogP contribution >= 0.6 is 0 Å². The summed E-state index contributed by atoms with van der Waals surface area (Å²) in [5.74, 6) is -0.0247. The average Bonchev–Trinajstić information content (AvgIpc) is 2.42. The Bertz CT molecular complexity index is 671. The van der Waals surface area contributed by atoms with Crippen molar-refractivity contribution in [2.75, 3.05) is 0 Å². The number of aliphatic hydroxyl groups is 1. The van der Waals surface area contributed by atoms with Gasteiger partial charge in [0, 0.05) is 5.56 Å². The summed E-state index contributed by atoms with van der Waals surface area (Å²) < 4.78 is 5.73. The second-order valence-electron chi connectivity index (χ2n) is 5.31. The van der Waals surface area contributed by atoms with Gasteiger partial charge in [0.2, 0.25) is 5.96 Å². The highest BCUT2D eigenvalue weighted by atomic mass is 16.5. The smallest absolute Gasteiger partial charge is 0.202 e. The van der Waals surface area contributed by atoms with E-state index in [1.54, 1.807) is 32.2 Å². The van der Waals surface area contributed by atoms with Gasteiger partial charge in [0.15, 0.2) is 6.19 Å². The summed E-state index contributed by atoms with van der Waals surface area (Å²) in [5.41, 5.74) is 5.29. The Morgan fingerprint density at radius 1 is 1.48 bits per heavy atom. The highest BCUT2D eigenvalue weighted by Gasteiger charge is 2.46. The summed E-state index contributed by atoms with van der Waals surface area (Å²) in [6, 6.07) is 5.86. The number of guanidine groups is 1. The van der Waals surface area contributed by atoms with E-state index in [0.29, 0.717) is 16.9 Å². The molecular weight excluding hydrogens is 270 g/mol. The van der Waals surface area contributed by atoms with Gasteiger partial charge in [-0.25, -0.2) is 4.90 Å². The van der Waals surface area contributed by atoms with Gasteiger partial charge in [0.25, 0.3) is 0 Å². The SMILES string of the molecule is CC1(C)Oc2ccc(C#N)cc2C(N(C#N)C(=N)N)C1O. The normalized spacial score (nSPS) is 22.1. The van der Waals surface area contributed by atoms with Crippen molar-refractivity contribution in [2.45, 2.75) is 31.6 Å². The summed E-state index contributed by atoms with van der Waals surface area (Å²) in [4.78, 5) is 0.912. The predicted octanol–water partition coefficient (Wildman–Crippen LogP) is 0.808. The molecule has 4 N–H and O–H groups in total. The Morgan fingerprint density at radius 3 is 2.67 bits per heavy atom. The molecule has 7 heteroatoms. The molecule has 1 heterocycles. The molecule has 0 aromatic heterocycles. The van der Waals surface area contributed by atoms with Crippen molar-refractivity contribution in [3.8, 4) is 18.0 Å². The van der Waals surface area contributed by atoms with E-state index in [2.05, 4.69) is 0 Å². The van der Waals surface area contributed by atoms with E-state index in [-0.39, 0.29) is 0 Å². The van der Waals surface area contributed by atoms with Crippen LogP contribution in [0.3, 0.4) is 0 Å². The van der Waals surface area contributed by atoms with Crippen molar-refractivity contribution in [3.05, 3.63) is 29.3 Å². The summed E-state index contributed by atoms with van der Waals surface area (Å²) in [5, 5.41) is 36.2. The maximum absolute atomic E-state index is 10.5. The minimum Gasteiger partial charge on any atom is -0.485 e. The van der Waals surface area contributed by atoms with Gasteiger partial charge in [-0.1, -0.05) is 0 Å². The Morgan fingerprint density at radius 2 is 2.14 bits per heavy atom. The van der Waals surface area contributed by atoms with Crippen molar-refractivity contribution >= 4 is 5.96 Å². The Balaban J connectivity index is 2.65. The molecule has 7 nitrogen and oxygen atoms in total. The fourth-order valence-corrected chi connectivity index (χ4v) is 2.38. The van der Waals surface area contributed by atoms with Crippen molar-refractivity contribution in [2.24, 2.45) is 5.73 Å². The zero-order valence-electron chi connectivity index (χ0n) is 11.7. The Kier molecular flexibility index (Phi) is 3.46. The molecule has 1 aliphatic heterocycles.